The lowest BCUT2D eigenvalue weighted by Crippen LogP contribution is -2.47. The first kappa shape index (κ1) is 12.0. The zero-order valence-corrected chi connectivity index (χ0v) is 11.4. The van der Waals surface area contributed by atoms with Crippen molar-refractivity contribution < 1.29 is 0 Å². The van der Waals surface area contributed by atoms with E-state index in [0.29, 0.717) is 6.04 Å². The summed E-state index contributed by atoms with van der Waals surface area (Å²) in [4.78, 5) is 2.64. The van der Waals surface area contributed by atoms with Crippen LogP contribution in [0.1, 0.15) is 37.7 Å². The fourth-order valence-electron chi connectivity index (χ4n) is 3.50. The van der Waals surface area contributed by atoms with Crippen LogP contribution in [0.4, 0.5) is 5.69 Å². The van der Waals surface area contributed by atoms with E-state index in [4.69, 9.17) is 0 Å². The molecule has 1 saturated carbocycles. The van der Waals surface area contributed by atoms with Crippen molar-refractivity contribution >= 4 is 5.69 Å². The first-order valence-electron chi connectivity index (χ1n) is 7.38. The third-order valence-corrected chi connectivity index (χ3v) is 4.73. The van der Waals surface area contributed by atoms with Gasteiger partial charge in [-0.1, -0.05) is 37.5 Å². The van der Waals surface area contributed by atoms with Crippen molar-refractivity contribution in [3.8, 4) is 0 Å². The van der Waals surface area contributed by atoms with Gasteiger partial charge in [-0.2, -0.15) is 0 Å². The molecule has 1 unspecified atom stereocenters. The van der Waals surface area contributed by atoms with Crippen LogP contribution >= 0.6 is 0 Å². The number of nitrogens with one attached hydrogen (secondary N) is 1. The van der Waals surface area contributed by atoms with E-state index in [1.165, 1.54) is 49.8 Å². The van der Waals surface area contributed by atoms with Gasteiger partial charge in [0.1, 0.15) is 0 Å². The minimum Gasteiger partial charge on any atom is -0.383 e. The van der Waals surface area contributed by atoms with Crippen molar-refractivity contribution in [1.82, 2.24) is 4.90 Å². The van der Waals surface area contributed by atoms with Crippen molar-refractivity contribution in [2.75, 3.05) is 18.9 Å². The van der Waals surface area contributed by atoms with E-state index >= 15 is 0 Å². The van der Waals surface area contributed by atoms with Crippen LogP contribution in [0.15, 0.2) is 24.3 Å². The first-order chi connectivity index (χ1) is 8.84. The number of para-hydroxylation sites is 1. The van der Waals surface area contributed by atoms with Crippen LogP contribution < -0.4 is 5.32 Å². The van der Waals surface area contributed by atoms with Crippen LogP contribution in [0.3, 0.4) is 0 Å². The third-order valence-electron chi connectivity index (χ3n) is 4.73. The molecule has 2 aliphatic rings. The van der Waals surface area contributed by atoms with Gasteiger partial charge < -0.3 is 5.32 Å². The van der Waals surface area contributed by atoms with Gasteiger partial charge in [-0.05, 0) is 37.9 Å². The topological polar surface area (TPSA) is 15.3 Å². The molecule has 1 N–H and O–H groups in total. The molecule has 98 valence electrons. The highest BCUT2D eigenvalue weighted by Gasteiger charge is 2.27. The van der Waals surface area contributed by atoms with Gasteiger partial charge in [-0.25, -0.2) is 0 Å². The van der Waals surface area contributed by atoms with Crippen LogP contribution in [0.25, 0.3) is 0 Å². The lowest BCUT2D eigenvalue weighted by atomic mass is 9.91. The smallest absolute Gasteiger partial charge is 0.0373 e. The monoisotopic (exact) mass is 244 g/mol. The first-order valence-corrected chi connectivity index (χ1v) is 7.38. The standard InChI is InChI=1S/C16H24N2/c1-18(14-8-3-2-4-9-14)15-11-13-7-5-6-10-16(13)17-12-15/h5-7,10,14-15,17H,2-4,8-9,11-12H2,1H3. The molecule has 1 aliphatic carbocycles. The Hall–Kier alpha value is -1.02. The Kier molecular flexibility index (Phi) is 3.55. The van der Waals surface area contributed by atoms with Crippen LogP contribution in [0.5, 0.6) is 0 Å². The van der Waals surface area contributed by atoms with Crippen molar-refractivity contribution in [3.05, 3.63) is 29.8 Å². The Morgan fingerprint density at radius 2 is 1.83 bits per heavy atom. The number of hydrogen-bond acceptors (Lipinski definition) is 2. The number of fused-ring (bicyclic) bond motifs is 1. The van der Waals surface area contributed by atoms with Gasteiger partial charge in [-0.3, -0.25) is 4.90 Å². The van der Waals surface area contributed by atoms with Gasteiger partial charge in [0.25, 0.3) is 0 Å². The molecule has 1 heterocycles. The minimum absolute atomic E-state index is 0.669. The number of benzene rings is 1. The van der Waals surface area contributed by atoms with Crippen LogP contribution in [-0.4, -0.2) is 30.6 Å². The van der Waals surface area contributed by atoms with E-state index in [9.17, 15) is 0 Å². The van der Waals surface area contributed by atoms with E-state index in [1.54, 1.807) is 0 Å². The Morgan fingerprint density at radius 3 is 2.67 bits per heavy atom. The minimum atomic E-state index is 0.669. The fraction of sp³-hybridized carbons (Fsp3) is 0.625. The average molecular weight is 244 g/mol. The van der Waals surface area contributed by atoms with E-state index < -0.39 is 0 Å². The van der Waals surface area contributed by atoms with Crippen molar-refractivity contribution in [1.29, 1.82) is 0 Å². The maximum Gasteiger partial charge on any atom is 0.0373 e. The molecule has 1 aromatic carbocycles. The van der Waals surface area contributed by atoms with Crippen LogP contribution in [-0.2, 0) is 6.42 Å². The molecule has 0 amide bonds. The number of anilines is 1. The predicted molar refractivity (Wildman–Crippen MR) is 77.1 cm³/mol. The molecule has 1 aliphatic heterocycles. The molecule has 0 spiro atoms. The van der Waals surface area contributed by atoms with Crippen molar-refractivity contribution in [2.45, 2.75) is 50.6 Å². The summed E-state index contributed by atoms with van der Waals surface area (Å²) in [7, 11) is 2.33. The second-order valence-corrected chi connectivity index (χ2v) is 5.85. The van der Waals surface area contributed by atoms with Gasteiger partial charge in [0.05, 0.1) is 0 Å². The second kappa shape index (κ2) is 5.31. The highest BCUT2D eigenvalue weighted by molar-refractivity contribution is 5.53. The molecule has 1 fully saturated rings. The maximum absolute atomic E-state index is 3.59. The van der Waals surface area contributed by atoms with Gasteiger partial charge in [0.2, 0.25) is 0 Å². The molecule has 3 rings (SSSR count). The molecule has 1 atom stereocenters. The molecular weight excluding hydrogens is 220 g/mol. The summed E-state index contributed by atoms with van der Waals surface area (Å²) in [6.07, 6.45) is 8.28. The molecule has 0 radical (unpaired) electrons. The summed E-state index contributed by atoms with van der Waals surface area (Å²) < 4.78 is 0. The lowest BCUT2D eigenvalue weighted by Gasteiger charge is -2.39. The molecule has 18 heavy (non-hydrogen) atoms. The number of nitrogens with zero attached hydrogens (tertiary/aromatic N) is 1. The number of likely N-dealkylation sites (N-methyl/N-ethyl adjacent to an activating group) is 1. The Bertz CT molecular complexity index is 396. The van der Waals surface area contributed by atoms with Gasteiger partial charge in [0, 0.05) is 24.3 Å². The van der Waals surface area contributed by atoms with E-state index in [-0.39, 0.29) is 0 Å². The van der Waals surface area contributed by atoms with E-state index in [1.807, 2.05) is 0 Å². The largest absolute Gasteiger partial charge is 0.383 e. The Labute approximate surface area is 110 Å². The van der Waals surface area contributed by atoms with Crippen LogP contribution in [0.2, 0.25) is 0 Å². The van der Waals surface area contributed by atoms with E-state index in [0.717, 1.165) is 12.6 Å². The predicted octanol–water partition coefficient (Wildman–Crippen LogP) is 3.29. The Balaban J connectivity index is 1.67. The molecule has 0 bridgehead atoms. The third kappa shape index (κ3) is 2.39. The van der Waals surface area contributed by atoms with Crippen molar-refractivity contribution in [3.63, 3.8) is 0 Å². The molecular formula is C16H24N2. The quantitative estimate of drug-likeness (QED) is 0.859. The lowest BCUT2D eigenvalue weighted by molar-refractivity contribution is 0.140. The SMILES string of the molecule is CN(C1CCCCC1)C1CNc2ccccc2C1. The summed E-state index contributed by atoms with van der Waals surface area (Å²) in [5.74, 6) is 0. The highest BCUT2D eigenvalue weighted by atomic mass is 15.2. The fourth-order valence-corrected chi connectivity index (χ4v) is 3.50. The number of hydrogen-bond donors (Lipinski definition) is 1. The second-order valence-electron chi connectivity index (χ2n) is 5.85. The molecule has 2 heteroatoms. The molecule has 0 saturated heterocycles. The highest BCUT2D eigenvalue weighted by Crippen LogP contribution is 2.28. The molecule has 1 aromatic rings. The van der Waals surface area contributed by atoms with E-state index in [2.05, 4.69) is 41.5 Å². The Morgan fingerprint density at radius 1 is 1.06 bits per heavy atom. The summed E-state index contributed by atoms with van der Waals surface area (Å²) in [6.45, 7) is 1.10. The number of rotatable bonds is 2. The van der Waals surface area contributed by atoms with Crippen molar-refractivity contribution in [2.24, 2.45) is 0 Å². The summed E-state index contributed by atoms with van der Waals surface area (Å²) in [5.41, 5.74) is 2.82. The summed E-state index contributed by atoms with van der Waals surface area (Å²) >= 11 is 0. The van der Waals surface area contributed by atoms with Gasteiger partial charge in [0.15, 0.2) is 0 Å². The molecule has 2 nitrogen and oxygen atoms in total. The zero-order chi connectivity index (χ0) is 12.4. The molecule has 0 aromatic heterocycles. The van der Waals surface area contributed by atoms with Crippen LogP contribution in [0, 0.1) is 0 Å². The maximum atomic E-state index is 3.59. The van der Waals surface area contributed by atoms with Gasteiger partial charge >= 0.3 is 0 Å². The normalized spacial score (nSPS) is 24.7. The zero-order valence-electron chi connectivity index (χ0n) is 11.4. The average Bonchev–Trinajstić information content (AvgIpc) is 2.47. The van der Waals surface area contributed by atoms with Gasteiger partial charge in [-0.15, -0.1) is 0 Å². The summed E-state index contributed by atoms with van der Waals surface area (Å²) in [5, 5.41) is 3.59. The summed E-state index contributed by atoms with van der Waals surface area (Å²) in [6, 6.07) is 10.2.